The van der Waals surface area contributed by atoms with Gasteiger partial charge in [0.1, 0.15) is 5.82 Å². The van der Waals surface area contributed by atoms with Crippen LogP contribution in [-0.2, 0) is 12.8 Å². The summed E-state index contributed by atoms with van der Waals surface area (Å²) in [6.45, 7) is 0. The average Bonchev–Trinajstić information content (AvgIpc) is 2.80. The first-order valence-electron chi connectivity index (χ1n) is 6.10. The van der Waals surface area contributed by atoms with Gasteiger partial charge < -0.3 is 4.98 Å². The standard InChI is InChI=1S/C15H12F2N2/c16-11-8-13-14(9-12(11)17)19-15(18-13)7-6-10-4-2-1-3-5-10/h1-5,8-9H,6-7H2,(H,18,19). The number of benzene rings is 2. The van der Waals surface area contributed by atoms with E-state index in [1.807, 2.05) is 30.3 Å². The van der Waals surface area contributed by atoms with Crippen LogP contribution in [0.15, 0.2) is 42.5 Å². The fourth-order valence-electron chi connectivity index (χ4n) is 2.08. The van der Waals surface area contributed by atoms with Crippen LogP contribution in [0.1, 0.15) is 11.4 Å². The molecule has 0 radical (unpaired) electrons. The SMILES string of the molecule is Fc1cc2nc(CCc3ccccc3)[nH]c2cc1F. The first kappa shape index (κ1) is 11.8. The predicted molar refractivity (Wildman–Crippen MR) is 69.9 cm³/mol. The first-order valence-corrected chi connectivity index (χ1v) is 6.10. The number of hydrogen-bond acceptors (Lipinski definition) is 1. The number of nitrogens with zero attached hydrogens (tertiary/aromatic N) is 1. The number of fused-ring (bicyclic) bond motifs is 1. The van der Waals surface area contributed by atoms with E-state index in [1.165, 1.54) is 5.56 Å². The van der Waals surface area contributed by atoms with Gasteiger partial charge in [-0.3, -0.25) is 0 Å². The van der Waals surface area contributed by atoms with Crippen molar-refractivity contribution in [1.29, 1.82) is 0 Å². The molecule has 0 aliphatic carbocycles. The van der Waals surface area contributed by atoms with Crippen LogP contribution in [-0.4, -0.2) is 9.97 Å². The van der Waals surface area contributed by atoms with Crippen LogP contribution in [0.5, 0.6) is 0 Å². The minimum atomic E-state index is -0.867. The van der Waals surface area contributed by atoms with Gasteiger partial charge >= 0.3 is 0 Å². The number of aromatic amines is 1. The molecule has 1 aromatic heterocycles. The lowest BCUT2D eigenvalue weighted by Crippen LogP contribution is -1.92. The van der Waals surface area contributed by atoms with E-state index in [0.717, 1.165) is 24.4 Å². The van der Waals surface area contributed by atoms with Crippen molar-refractivity contribution in [3.05, 3.63) is 65.5 Å². The number of rotatable bonds is 3. The zero-order valence-corrected chi connectivity index (χ0v) is 10.2. The minimum absolute atomic E-state index is 0.460. The summed E-state index contributed by atoms with van der Waals surface area (Å²) < 4.78 is 26.2. The van der Waals surface area contributed by atoms with Crippen molar-refractivity contribution in [3.8, 4) is 0 Å². The quantitative estimate of drug-likeness (QED) is 0.763. The second-order valence-corrected chi connectivity index (χ2v) is 4.45. The molecule has 0 saturated carbocycles. The molecule has 3 aromatic rings. The molecule has 0 aliphatic heterocycles. The molecule has 4 heteroatoms. The van der Waals surface area contributed by atoms with E-state index < -0.39 is 11.6 Å². The van der Waals surface area contributed by atoms with Crippen molar-refractivity contribution in [2.75, 3.05) is 0 Å². The number of aryl methyl sites for hydroxylation is 2. The Morgan fingerprint density at radius 2 is 1.68 bits per heavy atom. The Bertz CT molecular complexity index is 666. The van der Waals surface area contributed by atoms with Crippen molar-refractivity contribution < 1.29 is 8.78 Å². The third kappa shape index (κ3) is 2.47. The smallest absolute Gasteiger partial charge is 0.161 e. The number of nitrogens with one attached hydrogen (secondary N) is 1. The highest BCUT2D eigenvalue weighted by Gasteiger charge is 2.08. The summed E-state index contributed by atoms with van der Waals surface area (Å²) in [5.74, 6) is -0.983. The molecule has 3 rings (SSSR count). The second-order valence-electron chi connectivity index (χ2n) is 4.45. The molecule has 0 saturated heterocycles. The molecule has 0 spiro atoms. The van der Waals surface area contributed by atoms with E-state index in [9.17, 15) is 8.78 Å². The van der Waals surface area contributed by atoms with Gasteiger partial charge in [0.25, 0.3) is 0 Å². The molecule has 0 fully saturated rings. The van der Waals surface area contributed by atoms with Crippen LogP contribution in [0, 0.1) is 11.6 Å². The van der Waals surface area contributed by atoms with E-state index in [-0.39, 0.29) is 0 Å². The first-order chi connectivity index (χ1) is 9.22. The zero-order chi connectivity index (χ0) is 13.2. The lowest BCUT2D eigenvalue weighted by molar-refractivity contribution is 0.510. The van der Waals surface area contributed by atoms with E-state index in [1.54, 1.807) is 0 Å². The largest absolute Gasteiger partial charge is 0.342 e. The highest BCUT2D eigenvalue weighted by molar-refractivity contribution is 5.75. The normalized spacial score (nSPS) is 11.1. The molecule has 19 heavy (non-hydrogen) atoms. The topological polar surface area (TPSA) is 28.7 Å². The lowest BCUT2D eigenvalue weighted by atomic mass is 10.1. The summed E-state index contributed by atoms with van der Waals surface area (Å²) in [5, 5.41) is 0. The summed E-state index contributed by atoms with van der Waals surface area (Å²) >= 11 is 0. The van der Waals surface area contributed by atoms with Crippen LogP contribution >= 0.6 is 0 Å². The summed E-state index contributed by atoms with van der Waals surface area (Å²) in [5.41, 5.74) is 2.20. The number of aromatic nitrogens is 2. The molecule has 96 valence electrons. The Hall–Kier alpha value is -2.23. The summed E-state index contributed by atoms with van der Waals surface area (Å²) in [6.07, 6.45) is 1.55. The van der Waals surface area contributed by atoms with Gasteiger partial charge in [-0.05, 0) is 12.0 Å². The Balaban J connectivity index is 1.82. The molecule has 0 unspecified atom stereocenters. The van der Waals surface area contributed by atoms with Gasteiger partial charge in [-0.25, -0.2) is 13.8 Å². The van der Waals surface area contributed by atoms with Crippen LogP contribution in [0.2, 0.25) is 0 Å². The van der Waals surface area contributed by atoms with E-state index in [2.05, 4.69) is 9.97 Å². The third-order valence-electron chi connectivity index (χ3n) is 3.07. The molecule has 0 aliphatic rings. The fraction of sp³-hybridized carbons (Fsp3) is 0.133. The fourth-order valence-corrected chi connectivity index (χ4v) is 2.08. The van der Waals surface area contributed by atoms with Crippen LogP contribution in [0.25, 0.3) is 11.0 Å². The van der Waals surface area contributed by atoms with Crippen molar-refractivity contribution in [3.63, 3.8) is 0 Å². The Morgan fingerprint density at radius 3 is 2.47 bits per heavy atom. The van der Waals surface area contributed by atoms with E-state index in [4.69, 9.17) is 0 Å². The Labute approximate surface area is 109 Å². The number of H-pyrrole nitrogens is 1. The maximum Gasteiger partial charge on any atom is 0.161 e. The van der Waals surface area contributed by atoms with Gasteiger partial charge in [-0.1, -0.05) is 30.3 Å². The highest BCUT2D eigenvalue weighted by Crippen LogP contribution is 2.17. The number of hydrogen-bond donors (Lipinski definition) is 1. The monoisotopic (exact) mass is 258 g/mol. The maximum absolute atomic E-state index is 13.1. The second kappa shape index (κ2) is 4.80. The molecule has 1 N–H and O–H groups in total. The highest BCUT2D eigenvalue weighted by atomic mass is 19.2. The van der Waals surface area contributed by atoms with Crippen molar-refractivity contribution in [1.82, 2.24) is 9.97 Å². The zero-order valence-electron chi connectivity index (χ0n) is 10.2. The van der Waals surface area contributed by atoms with Crippen LogP contribution in [0.3, 0.4) is 0 Å². The molecule has 1 heterocycles. The molecule has 0 atom stereocenters. The summed E-state index contributed by atoms with van der Waals surface area (Å²) in [6, 6.07) is 12.3. The lowest BCUT2D eigenvalue weighted by Gasteiger charge is -1.97. The van der Waals surface area contributed by atoms with Gasteiger partial charge in [0.05, 0.1) is 11.0 Å². The van der Waals surface area contributed by atoms with Crippen LogP contribution in [0.4, 0.5) is 8.78 Å². The van der Waals surface area contributed by atoms with Gasteiger partial charge in [-0.15, -0.1) is 0 Å². The third-order valence-corrected chi connectivity index (χ3v) is 3.07. The minimum Gasteiger partial charge on any atom is -0.342 e. The van der Waals surface area contributed by atoms with Gasteiger partial charge in [0, 0.05) is 18.6 Å². The number of imidazole rings is 1. The van der Waals surface area contributed by atoms with Crippen LogP contribution < -0.4 is 0 Å². The molecular formula is C15H12F2N2. The van der Waals surface area contributed by atoms with E-state index >= 15 is 0 Å². The summed E-state index contributed by atoms with van der Waals surface area (Å²) in [7, 11) is 0. The molecule has 2 nitrogen and oxygen atoms in total. The molecular weight excluding hydrogens is 246 g/mol. The summed E-state index contributed by atoms with van der Waals surface area (Å²) in [4.78, 5) is 7.28. The Kier molecular flexibility index (Phi) is 2.99. The molecule has 2 aromatic carbocycles. The Morgan fingerprint density at radius 1 is 0.947 bits per heavy atom. The maximum atomic E-state index is 13.1. The van der Waals surface area contributed by atoms with Crippen molar-refractivity contribution >= 4 is 11.0 Å². The molecule has 0 amide bonds. The van der Waals surface area contributed by atoms with Crippen molar-refractivity contribution in [2.45, 2.75) is 12.8 Å². The van der Waals surface area contributed by atoms with Gasteiger partial charge in [0.2, 0.25) is 0 Å². The van der Waals surface area contributed by atoms with Gasteiger partial charge in [-0.2, -0.15) is 0 Å². The average molecular weight is 258 g/mol. The predicted octanol–water partition coefficient (Wildman–Crippen LogP) is 3.63. The van der Waals surface area contributed by atoms with Crippen molar-refractivity contribution in [2.24, 2.45) is 0 Å². The number of halogens is 2. The van der Waals surface area contributed by atoms with E-state index in [0.29, 0.717) is 17.5 Å². The molecule has 0 bridgehead atoms. The van der Waals surface area contributed by atoms with Gasteiger partial charge in [0.15, 0.2) is 11.6 Å².